The summed E-state index contributed by atoms with van der Waals surface area (Å²) in [7, 11) is 3.21. The van der Waals surface area contributed by atoms with Crippen molar-refractivity contribution in [2.75, 3.05) is 14.2 Å². The molecule has 0 saturated heterocycles. The third kappa shape index (κ3) is 2.46. The van der Waals surface area contributed by atoms with Crippen LogP contribution >= 0.6 is 11.3 Å². The lowest BCUT2D eigenvalue weighted by Gasteiger charge is -2.13. The van der Waals surface area contributed by atoms with Gasteiger partial charge in [-0.15, -0.1) is 11.3 Å². The second kappa shape index (κ2) is 5.89. The smallest absolute Gasteiger partial charge is 0.274 e. The van der Waals surface area contributed by atoms with Gasteiger partial charge in [-0.05, 0) is 42.0 Å². The van der Waals surface area contributed by atoms with Crippen molar-refractivity contribution in [1.82, 2.24) is 9.97 Å². The Morgan fingerprint density at radius 1 is 1.04 bits per heavy atom. The summed E-state index contributed by atoms with van der Waals surface area (Å²) >= 11 is 1.59. The number of thiophene rings is 1. The van der Waals surface area contributed by atoms with Gasteiger partial charge in [-0.2, -0.15) is 0 Å². The largest absolute Gasteiger partial charge is 0.493 e. The molecule has 0 spiro atoms. The van der Waals surface area contributed by atoms with Crippen molar-refractivity contribution in [3.63, 3.8) is 0 Å². The van der Waals surface area contributed by atoms with E-state index in [1.807, 2.05) is 42.6 Å². The zero-order valence-electron chi connectivity index (χ0n) is 14.0. The second-order valence-corrected chi connectivity index (χ2v) is 6.68. The summed E-state index contributed by atoms with van der Waals surface area (Å²) in [6, 6.07) is 9.74. The molecule has 1 aromatic carbocycles. The van der Waals surface area contributed by atoms with Gasteiger partial charge in [-0.25, -0.2) is 4.98 Å². The molecule has 25 heavy (non-hydrogen) atoms. The number of pyridine rings is 2. The Balaban J connectivity index is 2.25. The van der Waals surface area contributed by atoms with Gasteiger partial charge in [0, 0.05) is 16.5 Å². The van der Waals surface area contributed by atoms with E-state index < -0.39 is 0 Å². The van der Waals surface area contributed by atoms with Crippen molar-refractivity contribution in [2.45, 2.75) is 6.92 Å². The number of rotatable bonds is 3. The molecule has 0 fully saturated rings. The maximum Gasteiger partial charge on any atom is 0.274 e. The quantitative estimate of drug-likeness (QED) is 0.563. The minimum atomic E-state index is -0.190. The number of hydrogen-bond acceptors (Lipinski definition) is 5. The first-order valence-corrected chi connectivity index (χ1v) is 8.63. The minimum absolute atomic E-state index is 0.190. The normalized spacial score (nSPS) is 11.2. The van der Waals surface area contributed by atoms with Gasteiger partial charge in [0.05, 0.1) is 24.8 Å². The molecule has 0 atom stereocenters. The molecule has 3 aromatic heterocycles. The summed E-state index contributed by atoms with van der Waals surface area (Å²) in [5.41, 5.74) is 1.80. The highest BCUT2D eigenvalue weighted by Gasteiger charge is 2.17. The van der Waals surface area contributed by atoms with E-state index in [2.05, 4.69) is 9.97 Å². The van der Waals surface area contributed by atoms with Crippen molar-refractivity contribution in [3.8, 4) is 22.1 Å². The van der Waals surface area contributed by atoms with Gasteiger partial charge in [0.1, 0.15) is 5.52 Å². The highest BCUT2D eigenvalue weighted by atomic mass is 32.1. The van der Waals surface area contributed by atoms with Crippen LogP contribution in [0.1, 0.15) is 5.69 Å². The first kappa shape index (κ1) is 15.7. The number of nitrogens with one attached hydrogen (secondary N) is 1. The number of fused-ring (bicyclic) bond motifs is 3. The van der Waals surface area contributed by atoms with Crippen LogP contribution in [-0.2, 0) is 0 Å². The molecule has 1 N–H and O–H groups in total. The molecule has 0 radical (unpaired) electrons. The molecule has 0 unspecified atom stereocenters. The Labute approximate surface area is 147 Å². The minimum Gasteiger partial charge on any atom is -0.493 e. The predicted octanol–water partition coefficient (Wildman–Crippen LogP) is 4.13. The summed E-state index contributed by atoms with van der Waals surface area (Å²) in [5.74, 6) is 1.26. The van der Waals surface area contributed by atoms with Crippen LogP contribution in [0.15, 0.2) is 40.5 Å². The number of aromatic nitrogens is 2. The number of ether oxygens (including phenoxy) is 2. The fourth-order valence-electron chi connectivity index (χ4n) is 3.07. The monoisotopic (exact) mass is 352 g/mol. The maximum absolute atomic E-state index is 12.5. The highest BCUT2D eigenvalue weighted by molar-refractivity contribution is 7.13. The Morgan fingerprint density at radius 3 is 2.40 bits per heavy atom. The first-order chi connectivity index (χ1) is 12.1. The lowest BCUT2D eigenvalue weighted by Crippen LogP contribution is -2.10. The number of benzene rings is 1. The van der Waals surface area contributed by atoms with Gasteiger partial charge in [0.25, 0.3) is 5.56 Å². The third-order valence-electron chi connectivity index (χ3n) is 4.19. The summed E-state index contributed by atoms with van der Waals surface area (Å²) in [6.07, 6.45) is 0. The molecular weight excluding hydrogens is 336 g/mol. The average molecular weight is 352 g/mol. The molecular formula is C19H16N2O3S. The summed E-state index contributed by atoms with van der Waals surface area (Å²) in [6.45, 7) is 1.86. The van der Waals surface area contributed by atoms with E-state index in [4.69, 9.17) is 9.47 Å². The Morgan fingerprint density at radius 2 is 1.76 bits per heavy atom. The van der Waals surface area contributed by atoms with Crippen molar-refractivity contribution in [2.24, 2.45) is 0 Å². The van der Waals surface area contributed by atoms with E-state index in [0.29, 0.717) is 17.0 Å². The molecule has 126 valence electrons. The fraction of sp³-hybridized carbons (Fsp3) is 0.158. The van der Waals surface area contributed by atoms with Crippen molar-refractivity contribution in [3.05, 3.63) is 51.8 Å². The molecule has 0 amide bonds. The van der Waals surface area contributed by atoms with Crippen LogP contribution in [-0.4, -0.2) is 24.2 Å². The van der Waals surface area contributed by atoms with E-state index in [1.54, 1.807) is 25.6 Å². The van der Waals surface area contributed by atoms with Gasteiger partial charge in [-0.3, -0.25) is 4.79 Å². The Hall–Kier alpha value is -2.86. The number of H-pyrrole nitrogens is 1. The highest BCUT2D eigenvalue weighted by Crippen LogP contribution is 2.39. The molecule has 6 heteroatoms. The summed E-state index contributed by atoms with van der Waals surface area (Å²) in [4.78, 5) is 21.0. The van der Waals surface area contributed by atoms with Crippen LogP contribution < -0.4 is 15.0 Å². The van der Waals surface area contributed by atoms with Crippen LogP contribution in [0.25, 0.3) is 32.2 Å². The van der Waals surface area contributed by atoms with Gasteiger partial charge < -0.3 is 14.5 Å². The maximum atomic E-state index is 12.5. The number of methoxy groups -OCH3 is 2. The number of nitrogens with zero attached hydrogens (tertiary/aromatic N) is 1. The SMILES string of the molecule is COc1cc2c(-c3cccs3)nc3c(=O)[nH]c(C)cc3c2cc1OC. The lowest BCUT2D eigenvalue weighted by atomic mass is 10.0. The fourth-order valence-corrected chi connectivity index (χ4v) is 3.80. The van der Waals surface area contributed by atoms with Crippen LogP contribution in [0, 0.1) is 6.92 Å². The third-order valence-corrected chi connectivity index (χ3v) is 5.07. The standard InChI is InChI=1S/C19H16N2O3S/c1-10-7-12-11-8-14(23-2)15(24-3)9-13(11)17(16-5-4-6-25-16)21-18(12)19(22)20-10/h4-9H,1-3H3,(H,20,22). The summed E-state index contributed by atoms with van der Waals surface area (Å²) in [5, 5.41) is 4.64. The Kier molecular flexibility index (Phi) is 3.69. The van der Waals surface area contributed by atoms with Gasteiger partial charge in [0.2, 0.25) is 0 Å². The van der Waals surface area contributed by atoms with E-state index in [1.165, 1.54) is 0 Å². The lowest BCUT2D eigenvalue weighted by molar-refractivity contribution is 0.356. The van der Waals surface area contributed by atoms with Crippen molar-refractivity contribution < 1.29 is 9.47 Å². The molecule has 0 saturated carbocycles. The van der Waals surface area contributed by atoms with Gasteiger partial charge in [-0.1, -0.05) is 6.07 Å². The van der Waals surface area contributed by atoms with Crippen LogP contribution in [0.5, 0.6) is 11.5 Å². The van der Waals surface area contributed by atoms with Crippen LogP contribution in [0.2, 0.25) is 0 Å². The molecule has 4 rings (SSSR count). The first-order valence-electron chi connectivity index (χ1n) is 7.75. The number of aryl methyl sites for hydroxylation is 1. The zero-order chi connectivity index (χ0) is 17.6. The topological polar surface area (TPSA) is 64.2 Å². The van der Waals surface area contributed by atoms with E-state index in [9.17, 15) is 4.79 Å². The van der Waals surface area contributed by atoms with Gasteiger partial charge >= 0.3 is 0 Å². The molecule has 4 aromatic rings. The predicted molar refractivity (Wildman–Crippen MR) is 101 cm³/mol. The van der Waals surface area contributed by atoms with E-state index in [0.717, 1.165) is 32.4 Å². The molecule has 0 bridgehead atoms. The summed E-state index contributed by atoms with van der Waals surface area (Å²) < 4.78 is 10.9. The van der Waals surface area contributed by atoms with E-state index >= 15 is 0 Å². The number of aromatic amines is 1. The van der Waals surface area contributed by atoms with Crippen LogP contribution in [0.3, 0.4) is 0 Å². The zero-order valence-corrected chi connectivity index (χ0v) is 14.9. The van der Waals surface area contributed by atoms with Crippen molar-refractivity contribution in [1.29, 1.82) is 0 Å². The van der Waals surface area contributed by atoms with Crippen molar-refractivity contribution >= 4 is 33.0 Å². The number of hydrogen-bond donors (Lipinski definition) is 1. The van der Waals surface area contributed by atoms with Crippen LogP contribution in [0.4, 0.5) is 0 Å². The molecule has 3 heterocycles. The van der Waals surface area contributed by atoms with E-state index in [-0.39, 0.29) is 5.56 Å². The molecule has 0 aliphatic rings. The second-order valence-electron chi connectivity index (χ2n) is 5.73. The Bertz CT molecular complexity index is 1150. The van der Waals surface area contributed by atoms with Gasteiger partial charge in [0.15, 0.2) is 11.5 Å². The molecule has 0 aliphatic heterocycles. The molecule has 5 nitrogen and oxygen atoms in total. The molecule has 0 aliphatic carbocycles. The average Bonchev–Trinajstić information content (AvgIpc) is 3.14.